The van der Waals surface area contributed by atoms with Crippen LogP contribution in [0.15, 0.2) is 30.3 Å². The molecule has 0 saturated heterocycles. The average Bonchev–Trinajstić information content (AvgIpc) is 2.56. The Labute approximate surface area is 133 Å². The van der Waals surface area contributed by atoms with Crippen molar-refractivity contribution in [2.45, 2.75) is 25.6 Å². The van der Waals surface area contributed by atoms with Gasteiger partial charge in [0.25, 0.3) is 0 Å². The molecule has 0 aliphatic heterocycles. The summed E-state index contributed by atoms with van der Waals surface area (Å²) in [6, 6.07) is 6.58. The first-order valence-electron chi connectivity index (χ1n) is 6.94. The highest BCUT2D eigenvalue weighted by Gasteiger charge is 2.29. The van der Waals surface area contributed by atoms with Crippen molar-refractivity contribution in [2.24, 2.45) is 0 Å². The molecule has 0 fully saturated rings. The number of hydrogen-bond donors (Lipinski definition) is 3. The number of amides is 2. The summed E-state index contributed by atoms with van der Waals surface area (Å²) >= 11 is 0. The second-order valence-electron chi connectivity index (χ2n) is 4.90. The van der Waals surface area contributed by atoms with Crippen LogP contribution in [0, 0.1) is 0 Å². The Bertz CT molecular complexity index is 548. The fraction of sp³-hybridized carbons (Fsp3) is 0.400. The van der Waals surface area contributed by atoms with Gasteiger partial charge in [0.2, 0.25) is 5.91 Å². The van der Waals surface area contributed by atoms with Gasteiger partial charge in [0.15, 0.2) is 0 Å². The van der Waals surface area contributed by atoms with Gasteiger partial charge in [-0.15, -0.1) is 0 Å². The number of nitrogens with one attached hydrogen (secondary N) is 1. The number of likely N-dealkylation sites (N-methyl/N-ethyl adjacent to an activating group) is 1. The normalized spacial score (nSPS) is 12.8. The number of aliphatic hydroxyl groups is 1. The zero-order valence-electron chi connectivity index (χ0n) is 12.9. The molecule has 1 rings (SSSR count). The van der Waals surface area contributed by atoms with E-state index in [1.165, 1.54) is 14.0 Å². The lowest BCUT2D eigenvalue weighted by Gasteiger charge is -2.26. The van der Waals surface area contributed by atoms with Gasteiger partial charge in [-0.05, 0) is 12.5 Å². The molecular weight excluding hydrogens is 304 g/mol. The van der Waals surface area contributed by atoms with E-state index in [1.54, 1.807) is 24.3 Å². The summed E-state index contributed by atoms with van der Waals surface area (Å²) in [4.78, 5) is 35.5. The fourth-order valence-corrected chi connectivity index (χ4v) is 1.69. The summed E-state index contributed by atoms with van der Waals surface area (Å²) in [6.07, 6.45) is -0.877. The van der Waals surface area contributed by atoms with Crippen LogP contribution in [-0.4, -0.2) is 58.8 Å². The van der Waals surface area contributed by atoms with Crippen LogP contribution in [0.2, 0.25) is 0 Å². The van der Waals surface area contributed by atoms with Gasteiger partial charge in [-0.3, -0.25) is 4.79 Å². The predicted octanol–water partition coefficient (Wildman–Crippen LogP) is 0.205. The minimum atomic E-state index is -1.27. The van der Waals surface area contributed by atoms with Crippen molar-refractivity contribution in [3.05, 3.63) is 35.9 Å². The lowest BCUT2D eigenvalue weighted by Crippen LogP contribution is -2.53. The third-order valence-corrected chi connectivity index (χ3v) is 3.27. The second-order valence-corrected chi connectivity index (χ2v) is 4.90. The molecule has 0 radical (unpaired) electrons. The number of carboxylic acids is 1. The number of benzene rings is 1. The number of carbonyl (C=O) groups excluding carboxylic acids is 2. The van der Waals surface area contributed by atoms with Gasteiger partial charge >= 0.3 is 12.1 Å². The smallest absolute Gasteiger partial charge is 0.408 e. The molecular formula is C15H20N2O6. The van der Waals surface area contributed by atoms with E-state index in [9.17, 15) is 19.5 Å². The maximum Gasteiger partial charge on any atom is 0.408 e. The van der Waals surface area contributed by atoms with E-state index in [2.05, 4.69) is 5.32 Å². The van der Waals surface area contributed by atoms with E-state index >= 15 is 0 Å². The summed E-state index contributed by atoms with van der Waals surface area (Å²) in [5.41, 5.74) is 0.770. The van der Waals surface area contributed by atoms with Gasteiger partial charge in [-0.1, -0.05) is 30.3 Å². The summed E-state index contributed by atoms with van der Waals surface area (Å²) in [5, 5.41) is 20.3. The fourth-order valence-electron chi connectivity index (χ4n) is 1.69. The molecule has 0 aliphatic carbocycles. The molecule has 0 bridgehead atoms. The number of ether oxygens (including phenoxy) is 1. The maximum absolute atomic E-state index is 12.1. The molecule has 0 saturated carbocycles. The monoisotopic (exact) mass is 324 g/mol. The largest absolute Gasteiger partial charge is 0.480 e. The molecule has 3 N–H and O–H groups in total. The Morgan fingerprint density at radius 1 is 1.26 bits per heavy atom. The van der Waals surface area contributed by atoms with Gasteiger partial charge in [-0.25, -0.2) is 9.59 Å². The third kappa shape index (κ3) is 5.59. The number of carbonyl (C=O) groups is 3. The molecule has 8 heteroatoms. The number of alkyl carbamates (subject to hydrolysis) is 1. The van der Waals surface area contributed by atoms with Gasteiger partial charge in [0, 0.05) is 7.05 Å². The Morgan fingerprint density at radius 2 is 1.87 bits per heavy atom. The van der Waals surface area contributed by atoms with Crippen LogP contribution in [0.4, 0.5) is 4.79 Å². The number of hydrogen-bond acceptors (Lipinski definition) is 5. The lowest BCUT2D eigenvalue weighted by atomic mass is 10.2. The van der Waals surface area contributed by atoms with E-state index in [4.69, 9.17) is 9.84 Å². The van der Waals surface area contributed by atoms with Crippen molar-refractivity contribution in [3.8, 4) is 0 Å². The van der Waals surface area contributed by atoms with Crippen molar-refractivity contribution in [1.82, 2.24) is 10.2 Å². The highest BCUT2D eigenvalue weighted by Crippen LogP contribution is 2.03. The minimum absolute atomic E-state index is 0.0143. The molecule has 23 heavy (non-hydrogen) atoms. The quantitative estimate of drug-likeness (QED) is 0.660. The molecule has 0 aliphatic rings. The molecule has 8 nitrogen and oxygen atoms in total. The Hall–Kier alpha value is -2.61. The minimum Gasteiger partial charge on any atom is -0.480 e. The van der Waals surface area contributed by atoms with Crippen LogP contribution in [0.3, 0.4) is 0 Å². The molecule has 0 unspecified atom stereocenters. The van der Waals surface area contributed by atoms with Crippen LogP contribution in [0.25, 0.3) is 0 Å². The molecule has 2 amide bonds. The number of nitrogens with zero attached hydrogens (tertiary/aromatic N) is 1. The molecule has 0 spiro atoms. The Morgan fingerprint density at radius 3 is 2.39 bits per heavy atom. The lowest BCUT2D eigenvalue weighted by molar-refractivity contribution is -0.149. The van der Waals surface area contributed by atoms with Gasteiger partial charge in [-0.2, -0.15) is 0 Å². The van der Waals surface area contributed by atoms with E-state index in [-0.39, 0.29) is 6.61 Å². The highest BCUT2D eigenvalue weighted by atomic mass is 16.5. The molecule has 2 atom stereocenters. The van der Waals surface area contributed by atoms with E-state index < -0.39 is 36.7 Å². The summed E-state index contributed by atoms with van der Waals surface area (Å²) in [7, 11) is 1.28. The van der Waals surface area contributed by atoms with Gasteiger partial charge in [0.1, 0.15) is 18.7 Å². The SMILES string of the molecule is C[C@H](C(=O)O)N(C)C(=O)[C@H](CO)NC(=O)OCc1ccccc1. The standard InChI is InChI=1S/C15H20N2O6/c1-10(14(20)21)17(2)13(19)12(8-18)16-15(22)23-9-11-6-4-3-5-7-11/h3-7,10,12,18H,8-9H2,1-2H3,(H,16,22)(H,20,21)/t10-,12+/m1/s1. The number of aliphatic carboxylic acids is 1. The first-order valence-corrected chi connectivity index (χ1v) is 6.94. The third-order valence-electron chi connectivity index (χ3n) is 3.27. The molecule has 1 aromatic carbocycles. The van der Waals surface area contributed by atoms with Crippen molar-refractivity contribution in [2.75, 3.05) is 13.7 Å². The van der Waals surface area contributed by atoms with E-state index in [1.807, 2.05) is 6.07 Å². The first-order chi connectivity index (χ1) is 10.9. The number of carboxylic acid groups (broad SMARTS) is 1. The summed E-state index contributed by atoms with van der Waals surface area (Å²) in [5.74, 6) is -1.91. The van der Waals surface area contributed by atoms with Crippen molar-refractivity contribution in [3.63, 3.8) is 0 Å². The first kappa shape index (κ1) is 18.4. The van der Waals surface area contributed by atoms with E-state index in [0.717, 1.165) is 10.5 Å². The molecule has 126 valence electrons. The van der Waals surface area contributed by atoms with Crippen molar-refractivity contribution in [1.29, 1.82) is 0 Å². The van der Waals surface area contributed by atoms with Crippen molar-refractivity contribution >= 4 is 18.0 Å². The van der Waals surface area contributed by atoms with Crippen LogP contribution < -0.4 is 5.32 Å². The van der Waals surface area contributed by atoms with Crippen LogP contribution in [-0.2, 0) is 20.9 Å². The summed E-state index contributed by atoms with van der Waals surface area (Å²) < 4.78 is 4.95. The zero-order chi connectivity index (χ0) is 17.4. The summed E-state index contributed by atoms with van der Waals surface area (Å²) in [6.45, 7) is 0.665. The second kappa shape index (κ2) is 8.74. The topological polar surface area (TPSA) is 116 Å². The molecule has 0 heterocycles. The molecule has 1 aromatic rings. The number of aliphatic hydroxyl groups excluding tert-OH is 1. The Kier molecular flexibility index (Phi) is 7.01. The van der Waals surface area contributed by atoms with E-state index in [0.29, 0.717) is 0 Å². The van der Waals surface area contributed by atoms with Gasteiger partial charge < -0.3 is 25.2 Å². The van der Waals surface area contributed by atoms with Crippen LogP contribution in [0.5, 0.6) is 0 Å². The average molecular weight is 324 g/mol. The van der Waals surface area contributed by atoms with Crippen LogP contribution in [0.1, 0.15) is 12.5 Å². The molecule has 0 aromatic heterocycles. The maximum atomic E-state index is 12.1. The van der Waals surface area contributed by atoms with Crippen molar-refractivity contribution < 1.29 is 29.3 Å². The predicted molar refractivity (Wildman–Crippen MR) is 80.5 cm³/mol. The van der Waals surface area contributed by atoms with Gasteiger partial charge in [0.05, 0.1) is 6.61 Å². The van der Waals surface area contributed by atoms with Crippen LogP contribution >= 0.6 is 0 Å². The Balaban J connectivity index is 2.56. The highest BCUT2D eigenvalue weighted by molar-refractivity contribution is 5.89. The zero-order valence-corrected chi connectivity index (χ0v) is 12.9. The number of rotatable bonds is 7.